The summed E-state index contributed by atoms with van der Waals surface area (Å²) >= 11 is 0. The maximum absolute atomic E-state index is 5.24. The van der Waals surface area contributed by atoms with Gasteiger partial charge >= 0.3 is 0 Å². The average Bonchev–Trinajstić information content (AvgIpc) is 3.63. The van der Waals surface area contributed by atoms with E-state index < -0.39 is 0 Å². The molecule has 0 fully saturated rings. The molecule has 0 saturated heterocycles. The van der Waals surface area contributed by atoms with E-state index in [1.54, 1.807) is 0 Å². The maximum atomic E-state index is 5.24. The van der Waals surface area contributed by atoms with E-state index >= 15 is 0 Å². The highest BCUT2D eigenvalue weighted by molar-refractivity contribution is 5.99. The normalized spacial score (nSPS) is 12.2. The van der Waals surface area contributed by atoms with Crippen molar-refractivity contribution in [2.75, 3.05) is 4.90 Å². The second kappa shape index (κ2) is 14.5. The molecule has 0 unspecified atom stereocenters. The van der Waals surface area contributed by atoms with Crippen LogP contribution in [0.2, 0.25) is 0 Å². The molecule has 5 nitrogen and oxygen atoms in total. The van der Waals surface area contributed by atoms with Crippen molar-refractivity contribution < 1.29 is 0 Å². The fourth-order valence-corrected chi connectivity index (χ4v) is 7.99. The van der Waals surface area contributed by atoms with Gasteiger partial charge in [0.2, 0.25) is 0 Å². The predicted octanol–water partition coefficient (Wildman–Crippen LogP) is 11.1. The Kier molecular flexibility index (Phi) is 8.58. The number of hydrogen-bond donors (Lipinski definition) is 0. The van der Waals surface area contributed by atoms with Crippen LogP contribution in [0.1, 0.15) is 18.7 Å². The van der Waals surface area contributed by atoms with Crippen LogP contribution in [0.3, 0.4) is 0 Å². The number of aromatic nitrogens is 4. The largest absolute Gasteiger partial charge is 0.311 e. The Morgan fingerprint density at radius 2 is 0.929 bits per heavy atom. The Bertz CT molecular complexity index is 2830. The minimum absolute atomic E-state index is 0.669. The third-order valence-corrected chi connectivity index (χ3v) is 10.5. The Balaban J connectivity index is 1.22. The van der Waals surface area contributed by atoms with Gasteiger partial charge in [-0.3, -0.25) is 0 Å². The zero-order chi connectivity index (χ0) is 37.3. The summed E-state index contributed by atoms with van der Waals surface area (Å²) < 4.78 is 2.41. The van der Waals surface area contributed by atoms with Crippen LogP contribution in [0.25, 0.3) is 62.1 Å². The van der Waals surface area contributed by atoms with Crippen molar-refractivity contribution in [3.63, 3.8) is 0 Å². The molecular weight excluding hydrogens is 683 g/mol. The minimum atomic E-state index is 0.669. The lowest BCUT2D eigenvalue weighted by Gasteiger charge is -2.25. The molecule has 0 bridgehead atoms. The SMILES string of the molecule is C1=c2c(c3c(-c4ccc(N(c5ccccc5)c5ccccc5)cc4)cccc3n2-c2ccccc2)=C(c2nc(-c3ccccc3)nc(-c3ccccc3)n2)CC1. The summed E-state index contributed by atoms with van der Waals surface area (Å²) in [6.45, 7) is 0. The highest BCUT2D eigenvalue weighted by atomic mass is 15.1. The van der Waals surface area contributed by atoms with Gasteiger partial charge in [0.15, 0.2) is 17.5 Å². The van der Waals surface area contributed by atoms with E-state index in [-0.39, 0.29) is 0 Å². The van der Waals surface area contributed by atoms with Crippen molar-refractivity contribution in [3.05, 3.63) is 211 Å². The molecule has 5 heteroatoms. The molecule has 0 aliphatic heterocycles. The van der Waals surface area contributed by atoms with Crippen LogP contribution >= 0.6 is 0 Å². The number of fused-ring (bicyclic) bond motifs is 3. The molecule has 2 aromatic heterocycles. The van der Waals surface area contributed by atoms with Gasteiger partial charge in [-0.2, -0.15) is 0 Å². The molecule has 266 valence electrons. The van der Waals surface area contributed by atoms with Gasteiger partial charge in [0, 0.05) is 50.1 Å². The number of anilines is 3. The monoisotopic (exact) mass is 719 g/mol. The van der Waals surface area contributed by atoms with Crippen molar-refractivity contribution in [1.29, 1.82) is 0 Å². The van der Waals surface area contributed by atoms with Crippen molar-refractivity contribution in [2.45, 2.75) is 12.8 Å². The van der Waals surface area contributed by atoms with Gasteiger partial charge in [0.1, 0.15) is 0 Å². The lowest BCUT2D eigenvalue weighted by atomic mass is 9.95. The van der Waals surface area contributed by atoms with Crippen molar-refractivity contribution >= 4 is 39.6 Å². The van der Waals surface area contributed by atoms with Crippen LogP contribution in [0.15, 0.2) is 194 Å². The molecule has 0 radical (unpaired) electrons. The van der Waals surface area contributed by atoms with Crippen molar-refractivity contribution in [1.82, 2.24) is 19.5 Å². The minimum Gasteiger partial charge on any atom is -0.311 e. The topological polar surface area (TPSA) is 46.8 Å². The molecular formula is C51H37N5. The lowest BCUT2D eigenvalue weighted by Crippen LogP contribution is -2.33. The van der Waals surface area contributed by atoms with Crippen LogP contribution in [-0.2, 0) is 0 Å². The smallest absolute Gasteiger partial charge is 0.164 e. The molecule has 0 N–H and O–H groups in total. The van der Waals surface area contributed by atoms with Gasteiger partial charge in [0.05, 0.1) is 10.9 Å². The number of hydrogen-bond acceptors (Lipinski definition) is 4. The number of benzene rings is 7. The van der Waals surface area contributed by atoms with Gasteiger partial charge in [-0.05, 0) is 78.6 Å². The molecule has 9 aromatic rings. The second-order valence-corrected chi connectivity index (χ2v) is 13.9. The Morgan fingerprint density at radius 3 is 1.50 bits per heavy atom. The summed E-state index contributed by atoms with van der Waals surface area (Å²) in [5.41, 5.74) is 10.9. The first-order valence-corrected chi connectivity index (χ1v) is 19.1. The molecule has 1 aliphatic carbocycles. The van der Waals surface area contributed by atoms with Crippen LogP contribution in [0.4, 0.5) is 17.1 Å². The lowest BCUT2D eigenvalue weighted by molar-refractivity contribution is 0.964. The zero-order valence-corrected chi connectivity index (χ0v) is 30.7. The van der Waals surface area contributed by atoms with Crippen molar-refractivity contribution in [3.8, 4) is 39.6 Å². The maximum Gasteiger partial charge on any atom is 0.164 e. The Hall–Kier alpha value is -7.37. The molecule has 0 saturated carbocycles. The van der Waals surface area contributed by atoms with Crippen LogP contribution < -0.4 is 15.5 Å². The van der Waals surface area contributed by atoms with Gasteiger partial charge < -0.3 is 9.47 Å². The summed E-state index contributed by atoms with van der Waals surface area (Å²) in [5.74, 6) is 2.05. The van der Waals surface area contributed by atoms with Crippen LogP contribution in [0, 0.1) is 0 Å². The molecule has 0 amide bonds. The third kappa shape index (κ3) is 6.05. The van der Waals surface area contributed by atoms with E-state index in [1.165, 1.54) is 21.5 Å². The molecule has 2 heterocycles. The van der Waals surface area contributed by atoms with Crippen molar-refractivity contribution in [2.24, 2.45) is 0 Å². The highest BCUT2D eigenvalue weighted by Gasteiger charge is 2.23. The highest BCUT2D eigenvalue weighted by Crippen LogP contribution is 2.37. The van der Waals surface area contributed by atoms with E-state index in [2.05, 4.69) is 173 Å². The summed E-state index contributed by atoms with van der Waals surface area (Å²) in [6.07, 6.45) is 4.06. The third-order valence-electron chi connectivity index (χ3n) is 10.5. The summed E-state index contributed by atoms with van der Waals surface area (Å²) in [6, 6.07) is 67.9. The van der Waals surface area contributed by atoms with Gasteiger partial charge in [-0.25, -0.2) is 15.0 Å². The average molecular weight is 720 g/mol. The molecule has 0 spiro atoms. The van der Waals surface area contributed by atoms with Gasteiger partial charge in [-0.1, -0.05) is 146 Å². The number of para-hydroxylation sites is 3. The van der Waals surface area contributed by atoms with E-state index in [4.69, 9.17) is 15.0 Å². The predicted molar refractivity (Wildman–Crippen MR) is 230 cm³/mol. The van der Waals surface area contributed by atoms with Crippen LogP contribution in [0.5, 0.6) is 0 Å². The van der Waals surface area contributed by atoms with E-state index in [0.29, 0.717) is 17.5 Å². The summed E-state index contributed by atoms with van der Waals surface area (Å²) in [5, 5.41) is 3.53. The van der Waals surface area contributed by atoms with Crippen LogP contribution in [-0.4, -0.2) is 19.5 Å². The number of nitrogens with zero attached hydrogens (tertiary/aromatic N) is 5. The zero-order valence-electron chi connectivity index (χ0n) is 30.7. The quantitative estimate of drug-likeness (QED) is 0.157. The fourth-order valence-electron chi connectivity index (χ4n) is 7.99. The van der Waals surface area contributed by atoms with E-state index in [1.807, 2.05) is 36.4 Å². The molecule has 7 aromatic carbocycles. The summed E-state index contributed by atoms with van der Waals surface area (Å²) in [7, 11) is 0. The standard InChI is InChI=1S/C51H37N5/c1-6-18-37(19-7-1)49-52-50(38-20-8-2-9-21-38)54-51(53-49)44-29-17-31-46-48(44)47-43(28-16-30-45(47)56(46)41-26-14-5-15-27-41)36-32-34-42(35-33-36)55(39-22-10-3-11-23-39)40-24-12-4-13-25-40/h1-16,18-28,30-35H,17,29H2. The number of rotatable bonds is 8. The first kappa shape index (κ1) is 33.2. The first-order valence-electron chi connectivity index (χ1n) is 19.1. The Labute approximate surface area is 325 Å². The first-order chi connectivity index (χ1) is 27.8. The molecule has 56 heavy (non-hydrogen) atoms. The second-order valence-electron chi connectivity index (χ2n) is 13.9. The summed E-state index contributed by atoms with van der Waals surface area (Å²) in [4.78, 5) is 17.8. The van der Waals surface area contributed by atoms with Gasteiger partial charge in [-0.15, -0.1) is 0 Å². The van der Waals surface area contributed by atoms with E-state index in [0.717, 1.165) is 63.4 Å². The Morgan fingerprint density at radius 1 is 0.429 bits per heavy atom. The fraction of sp³-hybridized carbons (Fsp3) is 0.0392. The van der Waals surface area contributed by atoms with Gasteiger partial charge in [0.25, 0.3) is 0 Å². The molecule has 0 atom stereocenters. The molecule has 10 rings (SSSR count). The van der Waals surface area contributed by atoms with E-state index in [9.17, 15) is 0 Å². The molecule has 1 aliphatic rings.